The predicted octanol–water partition coefficient (Wildman–Crippen LogP) is 1.64. The molecule has 0 bridgehead atoms. The number of nitrogens with two attached hydrogens (primary N) is 1. The smallest absolute Gasteiger partial charge is 0.227 e. The van der Waals surface area contributed by atoms with Crippen molar-refractivity contribution < 1.29 is 9.26 Å². The van der Waals surface area contributed by atoms with E-state index in [9.17, 15) is 0 Å². The van der Waals surface area contributed by atoms with Gasteiger partial charge in [0.05, 0.1) is 6.61 Å². The number of ether oxygens (including phenoxy) is 1. The molecule has 2 N–H and O–H groups in total. The zero-order valence-corrected chi connectivity index (χ0v) is 10.7. The molecule has 100 valence electrons. The van der Waals surface area contributed by atoms with Crippen LogP contribution in [0.15, 0.2) is 4.52 Å². The summed E-state index contributed by atoms with van der Waals surface area (Å²) in [7, 11) is 0. The quantitative estimate of drug-likeness (QED) is 0.880. The minimum Gasteiger partial charge on any atom is -0.381 e. The van der Waals surface area contributed by atoms with E-state index in [4.69, 9.17) is 15.0 Å². The van der Waals surface area contributed by atoms with Crippen molar-refractivity contribution in [3.8, 4) is 0 Å². The summed E-state index contributed by atoms with van der Waals surface area (Å²) in [4.78, 5) is 4.54. The van der Waals surface area contributed by atoms with Gasteiger partial charge in [-0.1, -0.05) is 11.6 Å². The fourth-order valence-electron chi connectivity index (χ4n) is 2.90. The van der Waals surface area contributed by atoms with Gasteiger partial charge in [-0.25, -0.2) is 0 Å². The summed E-state index contributed by atoms with van der Waals surface area (Å²) in [6, 6.07) is 0. The Bertz CT molecular complexity index is 389. The molecule has 0 amide bonds. The predicted molar refractivity (Wildman–Crippen MR) is 66.1 cm³/mol. The van der Waals surface area contributed by atoms with Gasteiger partial charge < -0.3 is 15.0 Å². The molecule has 1 unspecified atom stereocenters. The van der Waals surface area contributed by atoms with Crippen molar-refractivity contribution in [3.63, 3.8) is 0 Å². The molecule has 0 radical (unpaired) electrons. The monoisotopic (exact) mass is 251 g/mol. The van der Waals surface area contributed by atoms with Crippen molar-refractivity contribution in [3.05, 3.63) is 11.7 Å². The van der Waals surface area contributed by atoms with Crippen LogP contribution in [0.5, 0.6) is 0 Å². The molecule has 5 nitrogen and oxygen atoms in total. The Morgan fingerprint density at radius 1 is 1.33 bits per heavy atom. The maximum Gasteiger partial charge on any atom is 0.227 e. The van der Waals surface area contributed by atoms with E-state index >= 15 is 0 Å². The van der Waals surface area contributed by atoms with Crippen LogP contribution in [0.1, 0.15) is 49.7 Å². The fourth-order valence-corrected chi connectivity index (χ4v) is 2.90. The first kappa shape index (κ1) is 12.1. The minimum absolute atomic E-state index is 0.229. The lowest BCUT2D eigenvalue weighted by atomic mass is 9.67. The standard InChI is InChI=1S/C13H21N3O2/c14-9-13(4-2-5-13)7-11-15-12(16-18-11)10-3-1-6-17-8-10/h10H,1-9,14H2. The molecule has 1 atom stereocenters. The number of rotatable bonds is 4. The molecule has 0 spiro atoms. The highest BCUT2D eigenvalue weighted by atomic mass is 16.5. The van der Waals surface area contributed by atoms with E-state index in [0.29, 0.717) is 5.92 Å². The summed E-state index contributed by atoms with van der Waals surface area (Å²) in [6.45, 7) is 2.30. The number of hydrogen-bond donors (Lipinski definition) is 1. The van der Waals surface area contributed by atoms with Gasteiger partial charge in [0.1, 0.15) is 0 Å². The molecule has 18 heavy (non-hydrogen) atoms. The lowest BCUT2D eigenvalue weighted by Gasteiger charge is -2.39. The van der Waals surface area contributed by atoms with E-state index in [0.717, 1.165) is 50.7 Å². The van der Waals surface area contributed by atoms with Gasteiger partial charge >= 0.3 is 0 Å². The van der Waals surface area contributed by atoms with Gasteiger partial charge in [-0.05, 0) is 37.6 Å². The molecule has 1 saturated carbocycles. The third-order valence-corrected chi connectivity index (χ3v) is 4.38. The molecular weight excluding hydrogens is 230 g/mol. The van der Waals surface area contributed by atoms with Gasteiger partial charge in [0, 0.05) is 18.9 Å². The second-order valence-electron chi connectivity index (χ2n) is 5.69. The molecule has 2 heterocycles. The SMILES string of the molecule is NCC1(Cc2nc(C3CCCOC3)no2)CCC1. The summed E-state index contributed by atoms with van der Waals surface area (Å²) in [5, 5.41) is 4.11. The second kappa shape index (κ2) is 4.97. The van der Waals surface area contributed by atoms with Gasteiger partial charge in [-0.2, -0.15) is 4.98 Å². The van der Waals surface area contributed by atoms with E-state index in [2.05, 4.69) is 10.1 Å². The molecule has 3 rings (SSSR count). The average Bonchev–Trinajstić information content (AvgIpc) is 2.83. The molecule has 5 heteroatoms. The highest BCUT2D eigenvalue weighted by Crippen LogP contribution is 2.42. The Morgan fingerprint density at radius 3 is 2.83 bits per heavy atom. The number of aromatic nitrogens is 2. The largest absolute Gasteiger partial charge is 0.381 e. The van der Waals surface area contributed by atoms with Crippen molar-refractivity contribution >= 4 is 0 Å². The third-order valence-electron chi connectivity index (χ3n) is 4.38. The average molecular weight is 251 g/mol. The van der Waals surface area contributed by atoms with Gasteiger partial charge in [0.2, 0.25) is 5.89 Å². The van der Waals surface area contributed by atoms with Crippen LogP contribution < -0.4 is 5.73 Å². The molecule has 2 fully saturated rings. The van der Waals surface area contributed by atoms with Crippen LogP contribution in [-0.4, -0.2) is 29.9 Å². The van der Waals surface area contributed by atoms with Crippen LogP contribution in [0.2, 0.25) is 0 Å². The molecular formula is C13H21N3O2. The Morgan fingerprint density at radius 2 is 2.22 bits per heavy atom. The van der Waals surface area contributed by atoms with Crippen LogP contribution in [0.3, 0.4) is 0 Å². The Balaban J connectivity index is 1.65. The molecule has 1 aliphatic carbocycles. The van der Waals surface area contributed by atoms with Crippen molar-refractivity contribution in [2.75, 3.05) is 19.8 Å². The summed E-state index contributed by atoms with van der Waals surface area (Å²) >= 11 is 0. The maximum atomic E-state index is 5.86. The lowest BCUT2D eigenvalue weighted by Crippen LogP contribution is -2.39. The Hall–Kier alpha value is -0.940. The summed E-state index contributed by atoms with van der Waals surface area (Å²) < 4.78 is 10.8. The highest BCUT2D eigenvalue weighted by molar-refractivity contribution is 5.01. The normalized spacial score (nSPS) is 26.8. The van der Waals surface area contributed by atoms with Gasteiger partial charge in [0.25, 0.3) is 0 Å². The molecule has 2 aliphatic rings. The van der Waals surface area contributed by atoms with Crippen LogP contribution in [0.4, 0.5) is 0 Å². The second-order valence-corrected chi connectivity index (χ2v) is 5.69. The summed E-state index contributed by atoms with van der Waals surface area (Å²) in [5.74, 6) is 1.88. The lowest BCUT2D eigenvalue weighted by molar-refractivity contribution is 0.0773. The van der Waals surface area contributed by atoms with Crippen LogP contribution in [0.25, 0.3) is 0 Å². The van der Waals surface area contributed by atoms with E-state index < -0.39 is 0 Å². The van der Waals surface area contributed by atoms with Gasteiger partial charge in [-0.15, -0.1) is 0 Å². The first-order valence-corrected chi connectivity index (χ1v) is 6.92. The van der Waals surface area contributed by atoms with E-state index in [-0.39, 0.29) is 5.41 Å². The Labute approximate surface area is 107 Å². The molecule has 1 aliphatic heterocycles. The van der Waals surface area contributed by atoms with Crippen molar-refractivity contribution in [1.82, 2.24) is 10.1 Å². The first-order chi connectivity index (χ1) is 8.81. The zero-order chi connectivity index (χ0) is 12.4. The van der Waals surface area contributed by atoms with E-state index in [1.807, 2.05) is 0 Å². The van der Waals surface area contributed by atoms with Crippen LogP contribution in [-0.2, 0) is 11.2 Å². The zero-order valence-electron chi connectivity index (χ0n) is 10.7. The van der Waals surface area contributed by atoms with Crippen LogP contribution in [0, 0.1) is 5.41 Å². The summed E-state index contributed by atoms with van der Waals surface area (Å²) in [6.07, 6.45) is 6.67. The Kier molecular flexibility index (Phi) is 3.35. The van der Waals surface area contributed by atoms with Crippen molar-refractivity contribution in [2.24, 2.45) is 11.1 Å². The van der Waals surface area contributed by atoms with Crippen molar-refractivity contribution in [2.45, 2.75) is 44.4 Å². The fraction of sp³-hybridized carbons (Fsp3) is 0.846. The molecule has 0 aromatic carbocycles. The van der Waals surface area contributed by atoms with Crippen LogP contribution >= 0.6 is 0 Å². The van der Waals surface area contributed by atoms with Gasteiger partial charge in [0.15, 0.2) is 5.82 Å². The number of hydrogen-bond acceptors (Lipinski definition) is 5. The molecule has 1 aromatic heterocycles. The maximum absolute atomic E-state index is 5.86. The minimum atomic E-state index is 0.229. The molecule has 1 aromatic rings. The number of nitrogens with zero attached hydrogens (tertiary/aromatic N) is 2. The van der Waals surface area contributed by atoms with Crippen molar-refractivity contribution in [1.29, 1.82) is 0 Å². The first-order valence-electron chi connectivity index (χ1n) is 6.92. The third kappa shape index (κ3) is 2.29. The van der Waals surface area contributed by atoms with E-state index in [1.165, 1.54) is 19.3 Å². The molecule has 1 saturated heterocycles. The van der Waals surface area contributed by atoms with E-state index in [1.54, 1.807) is 0 Å². The summed E-state index contributed by atoms with van der Waals surface area (Å²) in [5.41, 5.74) is 6.09. The highest BCUT2D eigenvalue weighted by Gasteiger charge is 2.37. The topological polar surface area (TPSA) is 74.2 Å². The van der Waals surface area contributed by atoms with Gasteiger partial charge in [-0.3, -0.25) is 0 Å².